The van der Waals surface area contributed by atoms with Gasteiger partial charge in [0.2, 0.25) is 0 Å². The van der Waals surface area contributed by atoms with Gasteiger partial charge in [0.05, 0.1) is 18.2 Å². The van der Waals surface area contributed by atoms with Crippen LogP contribution in [0.2, 0.25) is 0 Å². The lowest BCUT2D eigenvalue weighted by molar-refractivity contribution is -0.139. The van der Waals surface area contributed by atoms with Crippen molar-refractivity contribution in [3.63, 3.8) is 0 Å². The molecule has 3 aliphatic rings. The van der Waals surface area contributed by atoms with E-state index in [2.05, 4.69) is 20.4 Å². The van der Waals surface area contributed by atoms with E-state index in [0.717, 1.165) is 31.5 Å². The summed E-state index contributed by atoms with van der Waals surface area (Å²) in [5.41, 5.74) is 2.04. The molecule has 2 fully saturated rings. The molecule has 0 radical (unpaired) electrons. The normalized spacial score (nSPS) is 23.9. The third-order valence-corrected chi connectivity index (χ3v) is 6.38. The Bertz CT molecular complexity index is 781. The Balaban J connectivity index is 1.53. The highest BCUT2D eigenvalue weighted by Gasteiger charge is 2.35. The van der Waals surface area contributed by atoms with Gasteiger partial charge in [-0.05, 0) is 51.3 Å². The van der Waals surface area contributed by atoms with Crippen molar-refractivity contribution < 1.29 is 14.3 Å². The maximum atomic E-state index is 12.9. The van der Waals surface area contributed by atoms with E-state index in [0.29, 0.717) is 30.5 Å². The predicted molar refractivity (Wildman–Crippen MR) is 115 cm³/mol. The molecule has 2 N–H and O–H groups in total. The van der Waals surface area contributed by atoms with E-state index in [9.17, 15) is 9.59 Å². The molecular formula is C23H32N4O3. The maximum Gasteiger partial charge on any atom is 0.338 e. The summed E-state index contributed by atoms with van der Waals surface area (Å²) >= 11 is 0. The van der Waals surface area contributed by atoms with Crippen molar-refractivity contribution in [1.29, 1.82) is 0 Å². The quantitative estimate of drug-likeness (QED) is 0.702. The van der Waals surface area contributed by atoms with Crippen LogP contribution in [0.4, 0.5) is 4.79 Å². The van der Waals surface area contributed by atoms with E-state index in [1.807, 2.05) is 30.3 Å². The smallest absolute Gasteiger partial charge is 0.338 e. The van der Waals surface area contributed by atoms with E-state index in [4.69, 9.17) is 4.74 Å². The molecule has 30 heavy (non-hydrogen) atoms. The van der Waals surface area contributed by atoms with Crippen LogP contribution in [0.1, 0.15) is 44.2 Å². The van der Waals surface area contributed by atoms with Gasteiger partial charge in [-0.1, -0.05) is 30.3 Å². The molecule has 0 saturated carbocycles. The molecule has 3 heterocycles. The molecule has 1 aromatic rings. The SMILES string of the molecule is CCOC(=O)C1=C(CN2CCC(N3CCCC3)CC2)NC(=O)NC1c1ccccc1. The van der Waals surface area contributed by atoms with Crippen molar-refractivity contribution in [1.82, 2.24) is 20.4 Å². The van der Waals surface area contributed by atoms with E-state index in [1.165, 1.54) is 25.9 Å². The molecule has 3 aliphatic heterocycles. The van der Waals surface area contributed by atoms with Crippen molar-refractivity contribution in [2.45, 2.75) is 44.7 Å². The summed E-state index contributed by atoms with van der Waals surface area (Å²) in [6, 6.07) is 9.48. The van der Waals surface area contributed by atoms with Crippen molar-refractivity contribution >= 4 is 12.0 Å². The molecule has 0 bridgehead atoms. The fourth-order valence-corrected chi connectivity index (χ4v) is 4.86. The molecule has 2 saturated heterocycles. The van der Waals surface area contributed by atoms with Gasteiger partial charge in [-0.15, -0.1) is 0 Å². The number of esters is 1. The van der Waals surface area contributed by atoms with E-state index >= 15 is 0 Å². The molecule has 7 nitrogen and oxygen atoms in total. The van der Waals surface area contributed by atoms with Crippen LogP contribution in [0.15, 0.2) is 41.6 Å². The number of likely N-dealkylation sites (tertiary alicyclic amines) is 2. The van der Waals surface area contributed by atoms with E-state index in [-0.39, 0.29) is 12.0 Å². The Morgan fingerprint density at radius 2 is 1.80 bits per heavy atom. The van der Waals surface area contributed by atoms with Crippen molar-refractivity contribution in [3.05, 3.63) is 47.2 Å². The summed E-state index contributed by atoms with van der Waals surface area (Å²) in [5, 5.41) is 5.80. The van der Waals surface area contributed by atoms with Crippen LogP contribution in [0.5, 0.6) is 0 Å². The number of benzene rings is 1. The highest BCUT2D eigenvalue weighted by molar-refractivity contribution is 5.95. The number of carbonyl (C=O) groups excluding carboxylic acids is 2. The highest BCUT2D eigenvalue weighted by Crippen LogP contribution is 2.29. The number of nitrogens with zero attached hydrogens (tertiary/aromatic N) is 2. The van der Waals surface area contributed by atoms with E-state index < -0.39 is 6.04 Å². The highest BCUT2D eigenvalue weighted by atomic mass is 16.5. The molecule has 7 heteroatoms. The first-order valence-corrected chi connectivity index (χ1v) is 11.1. The Labute approximate surface area is 178 Å². The summed E-state index contributed by atoms with van der Waals surface area (Å²) in [6.45, 7) is 7.05. The zero-order chi connectivity index (χ0) is 20.9. The molecule has 4 rings (SSSR count). The predicted octanol–water partition coefficient (Wildman–Crippen LogP) is 2.42. The standard InChI is InChI=1S/C23H32N4O3/c1-2-30-22(28)20-19(24-23(29)25-21(20)17-8-4-3-5-9-17)16-26-14-10-18(11-15-26)27-12-6-7-13-27/h3-5,8-9,18,21H,2,6-7,10-16H2,1H3,(H2,24,25,29). The fraction of sp³-hybridized carbons (Fsp3) is 0.565. The zero-order valence-electron chi connectivity index (χ0n) is 17.7. The summed E-state index contributed by atoms with van der Waals surface area (Å²) < 4.78 is 5.36. The van der Waals surface area contributed by atoms with Crippen LogP contribution in [-0.2, 0) is 9.53 Å². The number of hydrogen-bond acceptors (Lipinski definition) is 5. The zero-order valence-corrected chi connectivity index (χ0v) is 17.7. The number of rotatable bonds is 6. The Morgan fingerprint density at radius 1 is 1.10 bits per heavy atom. The van der Waals surface area contributed by atoms with E-state index in [1.54, 1.807) is 6.92 Å². The monoisotopic (exact) mass is 412 g/mol. The fourth-order valence-electron chi connectivity index (χ4n) is 4.86. The second kappa shape index (κ2) is 9.62. The third-order valence-electron chi connectivity index (χ3n) is 6.38. The van der Waals surface area contributed by atoms with Gasteiger partial charge >= 0.3 is 12.0 Å². The lowest BCUT2D eigenvalue weighted by Gasteiger charge is -2.38. The van der Waals surface area contributed by atoms with Crippen molar-refractivity contribution in [2.24, 2.45) is 0 Å². The molecule has 1 atom stereocenters. The first kappa shape index (κ1) is 20.9. The van der Waals surface area contributed by atoms with Crippen LogP contribution in [0.3, 0.4) is 0 Å². The van der Waals surface area contributed by atoms with Gasteiger partial charge in [-0.25, -0.2) is 9.59 Å². The minimum atomic E-state index is -0.504. The van der Waals surface area contributed by atoms with Crippen molar-refractivity contribution in [3.8, 4) is 0 Å². The van der Waals surface area contributed by atoms with Crippen LogP contribution < -0.4 is 10.6 Å². The first-order chi connectivity index (χ1) is 14.7. The average Bonchev–Trinajstić information content (AvgIpc) is 3.29. The molecule has 0 aliphatic carbocycles. The number of piperidine rings is 1. The lowest BCUT2D eigenvalue weighted by Crippen LogP contribution is -2.50. The molecule has 2 amide bonds. The number of nitrogens with one attached hydrogen (secondary N) is 2. The summed E-state index contributed by atoms with van der Waals surface area (Å²) in [5.74, 6) is -0.374. The van der Waals surface area contributed by atoms with Crippen LogP contribution in [0.25, 0.3) is 0 Å². The topological polar surface area (TPSA) is 73.9 Å². The van der Waals surface area contributed by atoms with Gasteiger partial charge in [-0.3, -0.25) is 4.90 Å². The largest absolute Gasteiger partial charge is 0.463 e. The first-order valence-electron chi connectivity index (χ1n) is 11.1. The molecule has 0 spiro atoms. The van der Waals surface area contributed by atoms with Gasteiger partial charge < -0.3 is 20.3 Å². The number of urea groups is 1. The second-order valence-corrected chi connectivity index (χ2v) is 8.31. The lowest BCUT2D eigenvalue weighted by atomic mass is 9.94. The minimum Gasteiger partial charge on any atom is -0.463 e. The molecular weight excluding hydrogens is 380 g/mol. The Hall–Kier alpha value is -2.38. The summed E-state index contributed by atoms with van der Waals surface area (Å²) in [7, 11) is 0. The number of carbonyl (C=O) groups is 2. The van der Waals surface area contributed by atoms with Crippen LogP contribution in [-0.4, -0.2) is 67.2 Å². The molecule has 1 unspecified atom stereocenters. The third kappa shape index (κ3) is 4.68. The number of ether oxygens (including phenoxy) is 1. The average molecular weight is 413 g/mol. The van der Waals surface area contributed by atoms with Crippen molar-refractivity contribution in [2.75, 3.05) is 39.3 Å². The molecule has 0 aromatic heterocycles. The van der Waals surface area contributed by atoms with Crippen LogP contribution in [0, 0.1) is 0 Å². The molecule has 1 aromatic carbocycles. The Morgan fingerprint density at radius 3 is 2.47 bits per heavy atom. The van der Waals surface area contributed by atoms with Crippen LogP contribution >= 0.6 is 0 Å². The van der Waals surface area contributed by atoms with Gasteiger partial charge in [0.1, 0.15) is 0 Å². The molecule has 162 valence electrons. The number of amides is 2. The van der Waals surface area contributed by atoms with Gasteiger partial charge in [0.25, 0.3) is 0 Å². The summed E-state index contributed by atoms with van der Waals surface area (Å²) in [4.78, 5) is 30.3. The maximum absolute atomic E-state index is 12.9. The summed E-state index contributed by atoms with van der Waals surface area (Å²) in [6.07, 6.45) is 4.90. The van der Waals surface area contributed by atoms with Gasteiger partial charge in [0, 0.05) is 31.4 Å². The Kier molecular flexibility index (Phi) is 6.69. The van der Waals surface area contributed by atoms with Gasteiger partial charge in [0.15, 0.2) is 0 Å². The number of hydrogen-bond donors (Lipinski definition) is 2. The second-order valence-electron chi connectivity index (χ2n) is 8.31. The minimum absolute atomic E-state index is 0.279. The van der Waals surface area contributed by atoms with Gasteiger partial charge in [-0.2, -0.15) is 0 Å².